The Kier molecular flexibility index (Phi) is 7.43. The van der Waals surface area contributed by atoms with Crippen LogP contribution in [0.5, 0.6) is 0 Å². The predicted octanol–water partition coefficient (Wildman–Crippen LogP) is 4.94. The molecule has 0 fully saturated rings. The molecular weight excluding hydrogens is 340 g/mol. The van der Waals surface area contributed by atoms with Gasteiger partial charge >= 0.3 is 5.97 Å². The van der Waals surface area contributed by atoms with Gasteiger partial charge in [-0.05, 0) is 23.8 Å². The van der Waals surface area contributed by atoms with Crippen LogP contribution >= 0.6 is 23.5 Å². The van der Waals surface area contributed by atoms with Crippen molar-refractivity contribution in [1.29, 1.82) is 0 Å². The maximum absolute atomic E-state index is 12.8. The van der Waals surface area contributed by atoms with Gasteiger partial charge in [0.15, 0.2) is 5.78 Å². The monoisotopic (exact) mass is 364 g/mol. The Labute approximate surface area is 152 Å². The maximum Gasteiger partial charge on any atom is 0.343 e. The van der Waals surface area contributed by atoms with E-state index in [0.717, 1.165) is 24.3 Å². The lowest BCUT2D eigenvalue weighted by Crippen LogP contribution is -2.19. The van der Waals surface area contributed by atoms with Crippen molar-refractivity contribution in [3.8, 4) is 0 Å². The van der Waals surface area contributed by atoms with Gasteiger partial charge < -0.3 is 5.11 Å². The molecule has 0 radical (unpaired) electrons. The molecule has 0 aromatic heterocycles. The molecule has 5 heteroatoms. The largest absolute Gasteiger partial charge is 0.477 e. The van der Waals surface area contributed by atoms with Crippen molar-refractivity contribution in [3.05, 3.63) is 45.7 Å². The number of carbonyl (C=O) groups is 2. The summed E-state index contributed by atoms with van der Waals surface area (Å²) in [6, 6.07) is 10.2. The highest BCUT2D eigenvalue weighted by atomic mass is 32.2. The summed E-state index contributed by atoms with van der Waals surface area (Å²) in [4.78, 5) is 24.9. The lowest BCUT2D eigenvalue weighted by molar-refractivity contribution is -0.132. The second kappa shape index (κ2) is 9.33. The quantitative estimate of drug-likeness (QED) is 0.708. The first-order valence-corrected chi connectivity index (χ1v) is 10.3. The molecule has 2 rings (SSSR count). The number of carbonyl (C=O) groups excluding carboxylic acids is 1. The summed E-state index contributed by atoms with van der Waals surface area (Å²) < 4.78 is 0. The number of aliphatic carboxylic acids is 1. The third kappa shape index (κ3) is 4.90. The molecular formula is C19H24O3S2. The first-order valence-electron chi connectivity index (χ1n) is 8.35. The Morgan fingerprint density at radius 2 is 1.75 bits per heavy atom. The molecule has 0 unspecified atom stereocenters. The molecule has 1 heterocycles. The van der Waals surface area contributed by atoms with Gasteiger partial charge in [-0.15, -0.1) is 23.5 Å². The lowest BCUT2D eigenvalue weighted by Gasteiger charge is -2.25. The zero-order chi connectivity index (χ0) is 17.5. The zero-order valence-electron chi connectivity index (χ0n) is 14.2. The maximum atomic E-state index is 12.8. The van der Waals surface area contributed by atoms with Crippen LogP contribution in [0.25, 0.3) is 0 Å². The summed E-state index contributed by atoms with van der Waals surface area (Å²) >= 11 is 2.70. The van der Waals surface area contributed by atoms with E-state index in [1.807, 2.05) is 18.2 Å². The third-order valence-corrected chi connectivity index (χ3v) is 6.96. The van der Waals surface area contributed by atoms with E-state index >= 15 is 0 Å². The van der Waals surface area contributed by atoms with Crippen molar-refractivity contribution in [1.82, 2.24) is 0 Å². The number of rotatable bonds is 8. The van der Waals surface area contributed by atoms with Crippen molar-refractivity contribution in [2.45, 2.75) is 39.0 Å². The summed E-state index contributed by atoms with van der Waals surface area (Å²) in [6.45, 7) is 4.29. The SMILES string of the molecule is CCC[C@H](CC(=O)C1=C(C(=O)O)SCCS1)[C@@H](C)c1ccccc1. The molecule has 0 saturated carbocycles. The predicted molar refractivity (Wildman–Crippen MR) is 102 cm³/mol. The van der Waals surface area contributed by atoms with E-state index in [4.69, 9.17) is 0 Å². The normalized spacial score (nSPS) is 17.4. The summed E-state index contributed by atoms with van der Waals surface area (Å²) in [7, 11) is 0. The zero-order valence-corrected chi connectivity index (χ0v) is 15.8. The Morgan fingerprint density at radius 3 is 2.33 bits per heavy atom. The Morgan fingerprint density at radius 1 is 1.12 bits per heavy atom. The van der Waals surface area contributed by atoms with Gasteiger partial charge in [-0.25, -0.2) is 4.79 Å². The molecule has 0 amide bonds. The molecule has 1 aliphatic heterocycles. The van der Waals surface area contributed by atoms with E-state index in [1.165, 1.54) is 29.1 Å². The van der Waals surface area contributed by atoms with Crippen molar-refractivity contribution >= 4 is 35.3 Å². The van der Waals surface area contributed by atoms with E-state index < -0.39 is 5.97 Å². The van der Waals surface area contributed by atoms with E-state index in [1.54, 1.807) is 0 Å². The van der Waals surface area contributed by atoms with Crippen LogP contribution < -0.4 is 0 Å². The number of ketones is 1. The van der Waals surface area contributed by atoms with Crippen molar-refractivity contribution in [3.63, 3.8) is 0 Å². The van der Waals surface area contributed by atoms with Crippen LogP contribution in [0.4, 0.5) is 0 Å². The minimum absolute atomic E-state index is 0.00849. The number of carboxylic acids is 1. The van der Waals surface area contributed by atoms with E-state index in [9.17, 15) is 14.7 Å². The van der Waals surface area contributed by atoms with Gasteiger partial charge in [-0.2, -0.15) is 0 Å². The first kappa shape index (κ1) is 19.1. The molecule has 3 nitrogen and oxygen atoms in total. The number of carboxylic acid groups (broad SMARTS) is 1. The van der Waals surface area contributed by atoms with Crippen LogP contribution in [0.3, 0.4) is 0 Å². The molecule has 1 aliphatic rings. The highest BCUT2D eigenvalue weighted by molar-refractivity contribution is 8.11. The van der Waals surface area contributed by atoms with Crippen LogP contribution in [-0.2, 0) is 9.59 Å². The fraction of sp³-hybridized carbons (Fsp3) is 0.474. The average molecular weight is 365 g/mol. The summed E-state index contributed by atoms with van der Waals surface area (Å²) in [5.74, 6) is 1.09. The average Bonchev–Trinajstić information content (AvgIpc) is 2.61. The topological polar surface area (TPSA) is 54.4 Å². The molecule has 0 spiro atoms. The van der Waals surface area contributed by atoms with Crippen LogP contribution in [0.15, 0.2) is 40.1 Å². The van der Waals surface area contributed by atoms with Gasteiger partial charge in [0, 0.05) is 17.9 Å². The number of thioether (sulfide) groups is 2. The molecule has 0 bridgehead atoms. The Bertz CT molecular complexity index is 610. The molecule has 1 N–H and O–H groups in total. The minimum atomic E-state index is -0.973. The second-order valence-corrected chi connectivity index (χ2v) is 8.25. The highest BCUT2D eigenvalue weighted by Crippen LogP contribution is 2.38. The van der Waals surface area contributed by atoms with Gasteiger partial charge in [0.25, 0.3) is 0 Å². The summed E-state index contributed by atoms with van der Waals surface area (Å²) in [5, 5.41) is 9.34. The van der Waals surface area contributed by atoms with Crippen LogP contribution in [0, 0.1) is 5.92 Å². The second-order valence-electron chi connectivity index (χ2n) is 6.04. The minimum Gasteiger partial charge on any atom is -0.477 e. The van der Waals surface area contributed by atoms with Gasteiger partial charge in [0.05, 0.1) is 4.91 Å². The standard InChI is InChI=1S/C19H24O3S2/c1-3-7-15(13(2)14-8-5-4-6-9-14)12-16(20)17-18(19(21)22)24-11-10-23-17/h4-6,8-9,13,15H,3,7,10-12H2,1-2H3,(H,21,22)/t13-,15+/m0/s1. The molecule has 1 aromatic carbocycles. The number of Topliss-reactive ketones (excluding diaryl/α,β-unsaturated/α-hetero) is 1. The lowest BCUT2D eigenvalue weighted by atomic mass is 9.81. The highest BCUT2D eigenvalue weighted by Gasteiger charge is 2.28. The summed E-state index contributed by atoms with van der Waals surface area (Å²) in [6.07, 6.45) is 2.40. The number of benzene rings is 1. The number of allylic oxidation sites excluding steroid dienone is 1. The Balaban J connectivity index is 2.17. The summed E-state index contributed by atoms with van der Waals surface area (Å²) in [5.41, 5.74) is 1.24. The van der Waals surface area contributed by atoms with Crippen molar-refractivity contribution < 1.29 is 14.7 Å². The molecule has 130 valence electrons. The van der Waals surface area contributed by atoms with Crippen LogP contribution in [-0.4, -0.2) is 28.4 Å². The number of hydrogen-bond donors (Lipinski definition) is 1. The fourth-order valence-corrected chi connectivity index (χ4v) is 5.30. The van der Waals surface area contributed by atoms with Crippen molar-refractivity contribution in [2.24, 2.45) is 5.92 Å². The van der Waals surface area contributed by atoms with Gasteiger partial charge in [-0.1, -0.05) is 50.6 Å². The first-order chi connectivity index (χ1) is 11.5. The molecule has 0 saturated heterocycles. The van der Waals surface area contributed by atoms with E-state index in [0.29, 0.717) is 11.3 Å². The van der Waals surface area contributed by atoms with Crippen LogP contribution in [0.2, 0.25) is 0 Å². The molecule has 0 aliphatic carbocycles. The van der Waals surface area contributed by atoms with Gasteiger partial charge in [-0.3, -0.25) is 4.79 Å². The third-order valence-electron chi connectivity index (χ3n) is 4.37. The van der Waals surface area contributed by atoms with Gasteiger partial charge in [0.2, 0.25) is 0 Å². The molecule has 24 heavy (non-hydrogen) atoms. The molecule has 1 aromatic rings. The molecule has 2 atom stereocenters. The van der Waals surface area contributed by atoms with E-state index in [2.05, 4.69) is 26.0 Å². The Hall–Kier alpha value is -1.20. The smallest absolute Gasteiger partial charge is 0.343 e. The van der Waals surface area contributed by atoms with Gasteiger partial charge in [0.1, 0.15) is 4.91 Å². The van der Waals surface area contributed by atoms with Crippen molar-refractivity contribution in [2.75, 3.05) is 11.5 Å². The number of hydrogen-bond acceptors (Lipinski definition) is 4. The van der Waals surface area contributed by atoms with Crippen LogP contribution in [0.1, 0.15) is 44.6 Å². The fourth-order valence-electron chi connectivity index (χ4n) is 3.04. The van der Waals surface area contributed by atoms with E-state index in [-0.39, 0.29) is 22.5 Å².